The smallest absolute Gasteiger partial charge is 0.265 e. The Morgan fingerprint density at radius 2 is 2.35 bits per heavy atom. The second kappa shape index (κ2) is 6.38. The zero-order valence-electron chi connectivity index (χ0n) is 11.5. The van der Waals surface area contributed by atoms with Gasteiger partial charge in [0.2, 0.25) is 0 Å². The van der Waals surface area contributed by atoms with Crippen LogP contribution in [0.4, 0.5) is 10.9 Å². The van der Waals surface area contributed by atoms with Gasteiger partial charge in [-0.25, -0.2) is 4.98 Å². The molecular weight excluding hydrogens is 276 g/mol. The van der Waals surface area contributed by atoms with E-state index in [1.54, 1.807) is 10.9 Å². The zero-order valence-corrected chi connectivity index (χ0v) is 12.3. The molecule has 4 N–H and O–H groups in total. The van der Waals surface area contributed by atoms with Gasteiger partial charge in [-0.2, -0.15) is 5.10 Å². The molecule has 2 aromatic rings. The van der Waals surface area contributed by atoms with Crippen molar-refractivity contribution in [2.45, 2.75) is 19.9 Å². The third-order valence-electron chi connectivity index (χ3n) is 2.74. The fourth-order valence-electron chi connectivity index (χ4n) is 1.63. The van der Waals surface area contributed by atoms with E-state index in [0.717, 1.165) is 18.7 Å². The van der Waals surface area contributed by atoms with Gasteiger partial charge in [-0.15, -0.1) is 0 Å². The van der Waals surface area contributed by atoms with E-state index in [4.69, 9.17) is 5.73 Å². The van der Waals surface area contributed by atoms with E-state index in [1.165, 1.54) is 11.3 Å². The first kappa shape index (κ1) is 14.3. The van der Waals surface area contributed by atoms with Gasteiger partial charge in [0.25, 0.3) is 5.91 Å². The molecule has 1 amide bonds. The number of aromatic nitrogens is 3. The highest BCUT2D eigenvalue weighted by Gasteiger charge is 2.16. The van der Waals surface area contributed by atoms with Crippen LogP contribution < -0.4 is 16.4 Å². The summed E-state index contributed by atoms with van der Waals surface area (Å²) >= 11 is 1.27. The molecule has 0 aliphatic carbocycles. The molecule has 0 aromatic carbocycles. The van der Waals surface area contributed by atoms with E-state index in [-0.39, 0.29) is 11.7 Å². The molecule has 0 fully saturated rings. The number of nitrogens with zero attached hydrogens (tertiary/aromatic N) is 3. The molecule has 0 saturated carbocycles. The molecule has 0 spiro atoms. The summed E-state index contributed by atoms with van der Waals surface area (Å²) in [5.41, 5.74) is 6.70. The summed E-state index contributed by atoms with van der Waals surface area (Å²) < 4.78 is 1.71. The fraction of sp³-hybridized carbons (Fsp3) is 0.417. The first-order valence-electron chi connectivity index (χ1n) is 6.37. The number of hydrogen-bond donors (Lipinski definition) is 3. The average Bonchev–Trinajstić information content (AvgIpc) is 3.00. The van der Waals surface area contributed by atoms with Gasteiger partial charge >= 0.3 is 0 Å². The minimum atomic E-state index is -0.217. The minimum absolute atomic E-state index is 0.217. The lowest BCUT2D eigenvalue weighted by Crippen LogP contribution is -2.24. The standard InChI is InChI=1S/C12H18N6OS/c1-3-5-14-12-17-10(13)9(20-12)11(19)15-7-8-4-6-16-18(8)2/h4,6H,3,5,7,13H2,1-2H3,(H,14,17)(H,15,19). The highest BCUT2D eigenvalue weighted by molar-refractivity contribution is 7.18. The lowest BCUT2D eigenvalue weighted by atomic mass is 10.4. The fourth-order valence-corrected chi connectivity index (χ4v) is 2.45. The van der Waals surface area contributed by atoms with Crippen molar-refractivity contribution in [2.24, 2.45) is 7.05 Å². The molecule has 2 heterocycles. The number of nitrogens with two attached hydrogens (primary N) is 1. The van der Waals surface area contributed by atoms with Gasteiger partial charge in [-0.05, 0) is 12.5 Å². The summed E-state index contributed by atoms with van der Waals surface area (Å²) in [6.45, 7) is 3.28. The number of nitrogens with one attached hydrogen (secondary N) is 2. The van der Waals surface area contributed by atoms with Crippen molar-refractivity contribution in [3.63, 3.8) is 0 Å². The van der Waals surface area contributed by atoms with Crippen LogP contribution in [0.25, 0.3) is 0 Å². The summed E-state index contributed by atoms with van der Waals surface area (Å²) in [7, 11) is 1.83. The van der Waals surface area contributed by atoms with E-state index in [9.17, 15) is 4.79 Å². The maximum absolute atomic E-state index is 12.1. The zero-order chi connectivity index (χ0) is 14.5. The van der Waals surface area contributed by atoms with Crippen molar-refractivity contribution in [3.8, 4) is 0 Å². The average molecular weight is 294 g/mol. The number of aryl methyl sites for hydroxylation is 1. The van der Waals surface area contributed by atoms with Crippen LogP contribution >= 0.6 is 11.3 Å². The molecule has 0 atom stereocenters. The number of rotatable bonds is 6. The maximum Gasteiger partial charge on any atom is 0.265 e. The molecule has 108 valence electrons. The number of amides is 1. The van der Waals surface area contributed by atoms with Gasteiger partial charge in [-0.1, -0.05) is 18.3 Å². The topological polar surface area (TPSA) is 97.9 Å². The predicted molar refractivity (Wildman–Crippen MR) is 79.7 cm³/mol. The molecule has 0 bridgehead atoms. The molecule has 7 nitrogen and oxygen atoms in total. The Morgan fingerprint density at radius 3 is 3.00 bits per heavy atom. The van der Waals surface area contributed by atoms with E-state index in [0.29, 0.717) is 16.6 Å². The van der Waals surface area contributed by atoms with Crippen molar-refractivity contribution in [2.75, 3.05) is 17.6 Å². The normalized spacial score (nSPS) is 10.5. The Bertz CT molecular complexity index is 591. The second-order valence-electron chi connectivity index (χ2n) is 4.29. The number of nitrogen functional groups attached to an aromatic ring is 1. The van der Waals surface area contributed by atoms with Gasteiger partial charge < -0.3 is 16.4 Å². The van der Waals surface area contributed by atoms with Crippen LogP contribution in [0.1, 0.15) is 28.7 Å². The van der Waals surface area contributed by atoms with E-state index in [2.05, 4.69) is 27.6 Å². The van der Waals surface area contributed by atoms with Gasteiger partial charge in [-0.3, -0.25) is 9.48 Å². The quantitative estimate of drug-likeness (QED) is 0.744. The predicted octanol–water partition coefficient (Wildman–Crippen LogP) is 1.21. The van der Waals surface area contributed by atoms with Crippen LogP contribution in [-0.2, 0) is 13.6 Å². The van der Waals surface area contributed by atoms with Crippen molar-refractivity contribution in [1.82, 2.24) is 20.1 Å². The Kier molecular flexibility index (Phi) is 4.57. The van der Waals surface area contributed by atoms with Crippen molar-refractivity contribution in [1.29, 1.82) is 0 Å². The largest absolute Gasteiger partial charge is 0.382 e. The number of carbonyl (C=O) groups excluding carboxylic acids is 1. The summed E-state index contributed by atoms with van der Waals surface area (Å²) in [5.74, 6) is 0.0434. The molecule has 0 unspecified atom stereocenters. The number of anilines is 2. The summed E-state index contributed by atoms with van der Waals surface area (Å²) in [5, 5.41) is 10.7. The molecular formula is C12H18N6OS. The highest BCUT2D eigenvalue weighted by atomic mass is 32.1. The third-order valence-corrected chi connectivity index (χ3v) is 3.77. The van der Waals surface area contributed by atoms with Gasteiger partial charge in [0.15, 0.2) is 5.13 Å². The molecule has 2 rings (SSSR count). The van der Waals surface area contributed by atoms with Crippen molar-refractivity contribution >= 4 is 28.2 Å². The van der Waals surface area contributed by atoms with Crippen LogP contribution in [0.5, 0.6) is 0 Å². The lowest BCUT2D eigenvalue weighted by Gasteiger charge is -2.04. The highest BCUT2D eigenvalue weighted by Crippen LogP contribution is 2.24. The van der Waals surface area contributed by atoms with Gasteiger partial charge in [0, 0.05) is 19.8 Å². The molecule has 20 heavy (non-hydrogen) atoms. The molecule has 2 aromatic heterocycles. The van der Waals surface area contributed by atoms with Crippen molar-refractivity contribution < 1.29 is 4.79 Å². The van der Waals surface area contributed by atoms with E-state index in [1.807, 2.05) is 13.1 Å². The Hall–Kier alpha value is -2.09. The lowest BCUT2D eigenvalue weighted by molar-refractivity contribution is 0.0955. The van der Waals surface area contributed by atoms with Crippen LogP contribution in [-0.4, -0.2) is 27.2 Å². The summed E-state index contributed by atoms with van der Waals surface area (Å²) in [6.07, 6.45) is 2.68. The molecule has 0 saturated heterocycles. The monoisotopic (exact) mass is 294 g/mol. The van der Waals surface area contributed by atoms with E-state index >= 15 is 0 Å². The Morgan fingerprint density at radius 1 is 1.55 bits per heavy atom. The number of hydrogen-bond acceptors (Lipinski definition) is 6. The second-order valence-corrected chi connectivity index (χ2v) is 5.29. The van der Waals surface area contributed by atoms with Gasteiger partial charge in [0.05, 0.1) is 12.2 Å². The SMILES string of the molecule is CCCNc1nc(N)c(C(=O)NCc2ccnn2C)s1. The maximum atomic E-state index is 12.1. The summed E-state index contributed by atoms with van der Waals surface area (Å²) in [6, 6.07) is 1.85. The van der Waals surface area contributed by atoms with Crippen LogP contribution in [0.2, 0.25) is 0 Å². The minimum Gasteiger partial charge on any atom is -0.382 e. The van der Waals surface area contributed by atoms with Gasteiger partial charge in [0.1, 0.15) is 10.7 Å². The Labute approximate surface area is 121 Å². The van der Waals surface area contributed by atoms with Crippen LogP contribution in [0, 0.1) is 0 Å². The first-order valence-corrected chi connectivity index (χ1v) is 7.18. The van der Waals surface area contributed by atoms with Crippen molar-refractivity contribution in [3.05, 3.63) is 22.8 Å². The molecule has 8 heteroatoms. The number of carbonyl (C=O) groups is 1. The van der Waals surface area contributed by atoms with Crippen LogP contribution in [0.15, 0.2) is 12.3 Å². The summed E-state index contributed by atoms with van der Waals surface area (Å²) in [4.78, 5) is 16.7. The third kappa shape index (κ3) is 3.27. The first-order chi connectivity index (χ1) is 9.61. The van der Waals surface area contributed by atoms with E-state index < -0.39 is 0 Å². The molecule has 0 radical (unpaired) electrons. The molecule has 0 aliphatic heterocycles. The van der Waals surface area contributed by atoms with Crippen LogP contribution in [0.3, 0.4) is 0 Å². The number of thiazole rings is 1. The molecule has 0 aliphatic rings. The Balaban J connectivity index is 1.98.